The lowest BCUT2D eigenvalue weighted by molar-refractivity contribution is 0.0788. The number of carbonyl (C=O) groups excluding carboxylic acids is 1. The highest BCUT2D eigenvalue weighted by molar-refractivity contribution is 7.93. The van der Waals surface area contributed by atoms with Crippen molar-refractivity contribution < 1.29 is 23.1 Å². The van der Waals surface area contributed by atoms with Crippen LogP contribution >= 0.6 is 11.6 Å². The van der Waals surface area contributed by atoms with Gasteiger partial charge in [0.1, 0.15) is 4.90 Å². The van der Waals surface area contributed by atoms with Crippen LogP contribution in [0.15, 0.2) is 28.7 Å². The van der Waals surface area contributed by atoms with E-state index in [1.807, 2.05) is 6.92 Å². The summed E-state index contributed by atoms with van der Waals surface area (Å²) in [5.74, 6) is -0.547. The minimum atomic E-state index is -3.96. The molecule has 1 unspecified atom stereocenters. The Kier molecular flexibility index (Phi) is 5.93. The molecule has 0 radical (unpaired) electrons. The smallest absolute Gasteiger partial charge is 0.319 e. The lowest BCUT2D eigenvalue weighted by Crippen LogP contribution is -2.41. The Hall–Kier alpha value is -1.77. The van der Waals surface area contributed by atoms with Gasteiger partial charge in [-0.3, -0.25) is 0 Å². The first-order chi connectivity index (χ1) is 13.2. The molecule has 3 N–H and O–H groups in total. The standard InChI is InChI=1S/C19H25ClN2O5S/c1-12-4-3-5-14(12)21-18(24)22-15-7-6-13(20)17(16(15)23)28(25,26)19(2)8-10-27-11-9-19/h4,6-7,14,23H,3,5,8-11H2,1-2H3,(H2,21,22,24). The van der Waals surface area contributed by atoms with Gasteiger partial charge in [0.25, 0.3) is 0 Å². The van der Waals surface area contributed by atoms with E-state index >= 15 is 0 Å². The second kappa shape index (κ2) is 7.93. The number of rotatable bonds is 4. The minimum absolute atomic E-state index is 0.00392. The van der Waals surface area contributed by atoms with Gasteiger partial charge in [0.2, 0.25) is 0 Å². The highest BCUT2D eigenvalue weighted by Crippen LogP contribution is 2.44. The molecule has 0 bridgehead atoms. The number of hydrogen-bond acceptors (Lipinski definition) is 5. The number of aromatic hydroxyl groups is 1. The Morgan fingerprint density at radius 2 is 2.00 bits per heavy atom. The first-order valence-corrected chi connectivity index (χ1v) is 11.1. The van der Waals surface area contributed by atoms with Gasteiger partial charge in [-0.15, -0.1) is 0 Å². The van der Waals surface area contributed by atoms with Crippen molar-refractivity contribution in [1.29, 1.82) is 0 Å². The predicted octanol–water partition coefficient (Wildman–Crippen LogP) is 3.62. The van der Waals surface area contributed by atoms with Crippen LogP contribution in [0, 0.1) is 0 Å². The fourth-order valence-corrected chi connectivity index (χ4v) is 5.92. The van der Waals surface area contributed by atoms with Crippen LogP contribution in [0.5, 0.6) is 5.75 Å². The number of allylic oxidation sites excluding steroid dienone is 1. The van der Waals surface area contributed by atoms with E-state index in [1.54, 1.807) is 6.92 Å². The van der Waals surface area contributed by atoms with Gasteiger partial charge in [-0.2, -0.15) is 0 Å². The fraction of sp³-hybridized carbons (Fsp3) is 0.526. The summed E-state index contributed by atoms with van der Waals surface area (Å²) in [7, 11) is -3.96. The third-order valence-corrected chi connectivity index (χ3v) is 8.66. The van der Waals surface area contributed by atoms with Crippen molar-refractivity contribution in [3.05, 3.63) is 28.8 Å². The molecule has 1 aromatic rings. The molecule has 7 nitrogen and oxygen atoms in total. The number of benzene rings is 1. The third kappa shape index (κ3) is 3.86. The van der Waals surface area contributed by atoms with E-state index in [0.717, 1.165) is 18.4 Å². The van der Waals surface area contributed by atoms with Crippen molar-refractivity contribution in [3.8, 4) is 5.75 Å². The number of halogens is 1. The van der Waals surface area contributed by atoms with E-state index in [4.69, 9.17) is 16.3 Å². The average Bonchev–Trinajstić information content (AvgIpc) is 3.02. The predicted molar refractivity (Wildman–Crippen MR) is 108 cm³/mol. The van der Waals surface area contributed by atoms with E-state index in [9.17, 15) is 18.3 Å². The van der Waals surface area contributed by atoms with Gasteiger partial charge >= 0.3 is 6.03 Å². The lowest BCUT2D eigenvalue weighted by Gasteiger charge is -2.33. The maximum absolute atomic E-state index is 13.3. The largest absolute Gasteiger partial charge is 0.504 e. The Morgan fingerprint density at radius 3 is 2.61 bits per heavy atom. The highest BCUT2D eigenvalue weighted by Gasteiger charge is 2.44. The molecule has 3 rings (SSSR count). The quantitative estimate of drug-likeness (QED) is 0.501. The van der Waals surface area contributed by atoms with Gasteiger partial charge in [-0.05, 0) is 51.7 Å². The summed E-state index contributed by atoms with van der Waals surface area (Å²) in [6, 6.07) is 2.17. The molecule has 1 atom stereocenters. The van der Waals surface area contributed by atoms with Crippen molar-refractivity contribution in [2.75, 3.05) is 18.5 Å². The van der Waals surface area contributed by atoms with Crippen molar-refractivity contribution in [2.45, 2.75) is 55.2 Å². The number of anilines is 1. The van der Waals surface area contributed by atoms with Crippen molar-refractivity contribution in [3.63, 3.8) is 0 Å². The van der Waals surface area contributed by atoms with E-state index < -0.39 is 26.4 Å². The molecule has 0 aromatic heterocycles. The molecular formula is C19H25ClN2O5S. The van der Waals surface area contributed by atoms with Crippen molar-refractivity contribution in [2.24, 2.45) is 0 Å². The second-order valence-corrected chi connectivity index (χ2v) is 10.3. The number of hydrogen-bond donors (Lipinski definition) is 3. The van der Waals surface area contributed by atoms with Crippen molar-refractivity contribution in [1.82, 2.24) is 5.32 Å². The number of carbonyl (C=O) groups is 1. The summed E-state index contributed by atoms with van der Waals surface area (Å²) in [5, 5.41) is 15.9. The molecule has 0 saturated carbocycles. The van der Waals surface area contributed by atoms with Gasteiger partial charge in [-0.25, -0.2) is 13.2 Å². The molecule has 154 valence electrons. The number of phenols is 1. The number of amides is 2. The fourth-order valence-electron chi connectivity index (χ4n) is 3.57. The zero-order valence-electron chi connectivity index (χ0n) is 15.9. The molecule has 2 amide bonds. The van der Waals surface area contributed by atoms with Crippen LogP contribution in [0.25, 0.3) is 0 Å². The van der Waals surface area contributed by atoms with E-state index in [-0.39, 0.29) is 21.6 Å². The summed E-state index contributed by atoms with van der Waals surface area (Å²) < 4.78 is 30.7. The highest BCUT2D eigenvalue weighted by atomic mass is 35.5. The molecule has 1 heterocycles. The third-order valence-electron chi connectivity index (χ3n) is 5.58. The molecule has 9 heteroatoms. The molecule has 28 heavy (non-hydrogen) atoms. The summed E-state index contributed by atoms with van der Waals surface area (Å²) >= 11 is 6.15. The average molecular weight is 429 g/mol. The molecule has 1 aliphatic heterocycles. The zero-order chi connectivity index (χ0) is 20.5. The van der Waals surface area contributed by atoms with Crippen LogP contribution in [0.1, 0.15) is 39.5 Å². The minimum Gasteiger partial charge on any atom is -0.504 e. The van der Waals surface area contributed by atoms with Gasteiger partial charge in [0, 0.05) is 13.2 Å². The number of sulfone groups is 1. The van der Waals surface area contributed by atoms with Gasteiger partial charge < -0.3 is 20.5 Å². The summed E-state index contributed by atoms with van der Waals surface area (Å²) in [6.45, 7) is 4.21. The van der Waals surface area contributed by atoms with Crippen LogP contribution < -0.4 is 10.6 Å². The van der Waals surface area contributed by atoms with Crippen molar-refractivity contribution >= 4 is 33.2 Å². The van der Waals surface area contributed by atoms with E-state index in [0.29, 0.717) is 26.1 Å². The molecule has 1 aromatic carbocycles. The molecular weight excluding hydrogens is 404 g/mol. The van der Waals surface area contributed by atoms with Gasteiger partial charge in [0.05, 0.1) is 21.5 Å². The summed E-state index contributed by atoms with van der Waals surface area (Å²) in [6.07, 6.45) is 4.37. The van der Waals surface area contributed by atoms with Crippen LogP contribution in [0.4, 0.5) is 10.5 Å². The van der Waals surface area contributed by atoms with Gasteiger partial charge in [0.15, 0.2) is 15.6 Å². The monoisotopic (exact) mass is 428 g/mol. The number of nitrogens with one attached hydrogen (secondary N) is 2. The van der Waals surface area contributed by atoms with Crippen LogP contribution in [-0.2, 0) is 14.6 Å². The van der Waals surface area contributed by atoms with E-state index in [1.165, 1.54) is 12.1 Å². The summed E-state index contributed by atoms with van der Waals surface area (Å²) in [4.78, 5) is 12.0. The first kappa shape index (κ1) is 21.0. The number of phenolic OH excluding ortho intramolecular Hbond substituents is 1. The normalized spacial score (nSPS) is 21.8. The first-order valence-electron chi connectivity index (χ1n) is 9.24. The zero-order valence-corrected chi connectivity index (χ0v) is 17.5. The number of ether oxygens (including phenoxy) is 1. The SMILES string of the molecule is CC1=CCCC1NC(=O)Nc1ccc(Cl)c(S(=O)(=O)C2(C)CCOCC2)c1O. The summed E-state index contributed by atoms with van der Waals surface area (Å²) in [5.41, 5.74) is 1.07. The molecule has 2 aliphatic rings. The Labute approximate surface area is 170 Å². The Balaban J connectivity index is 1.88. The van der Waals surface area contributed by atoms with Crippen LogP contribution in [0.2, 0.25) is 5.02 Å². The molecule has 1 fully saturated rings. The maximum atomic E-state index is 13.3. The second-order valence-electron chi connectivity index (χ2n) is 7.51. The number of urea groups is 1. The Bertz CT molecular complexity index is 907. The molecule has 1 saturated heterocycles. The van der Waals surface area contributed by atoms with Crippen LogP contribution in [0.3, 0.4) is 0 Å². The lowest BCUT2D eigenvalue weighted by atomic mass is 10.0. The maximum Gasteiger partial charge on any atom is 0.319 e. The van der Waals surface area contributed by atoms with E-state index in [2.05, 4.69) is 16.7 Å². The van der Waals surface area contributed by atoms with Gasteiger partial charge in [-0.1, -0.05) is 23.3 Å². The Morgan fingerprint density at radius 1 is 1.32 bits per heavy atom. The molecule has 0 spiro atoms. The van der Waals surface area contributed by atoms with Crippen LogP contribution in [-0.4, -0.2) is 43.6 Å². The topological polar surface area (TPSA) is 105 Å². The molecule has 1 aliphatic carbocycles.